The summed E-state index contributed by atoms with van der Waals surface area (Å²) in [5, 5.41) is 3.19. The van der Waals surface area contributed by atoms with Gasteiger partial charge in [0.15, 0.2) is 0 Å². The quantitative estimate of drug-likeness (QED) is 0.562. The first-order valence-corrected chi connectivity index (χ1v) is 2.67. The molecule has 0 aliphatic carbocycles. The number of carbonyl (C=O) groups excluding carboxylic acids is 2. The van der Waals surface area contributed by atoms with Crippen molar-refractivity contribution in [2.45, 2.75) is 0 Å². The predicted molar refractivity (Wildman–Crippen MR) is 33.5 cm³/mol. The average Bonchev–Trinajstić information content (AvgIpc) is 2.32. The highest BCUT2D eigenvalue weighted by Gasteiger charge is 2.17. The molecule has 0 fully saturated rings. The maximum Gasteiger partial charge on any atom is 0.288 e. The van der Waals surface area contributed by atoms with E-state index in [4.69, 9.17) is 11.5 Å². The van der Waals surface area contributed by atoms with E-state index in [0.717, 1.165) is 6.20 Å². The summed E-state index contributed by atoms with van der Waals surface area (Å²) < 4.78 is 4.36. The number of nitrogens with zero attached hydrogens (tertiary/aromatic N) is 1. The standard InChI is InChI=1S/C5H5N3O3/c6-4(9)2-1-8-11-3(2)5(7)10/h1H,(H2,6,9)(H2,7,10). The van der Waals surface area contributed by atoms with E-state index < -0.39 is 11.8 Å². The lowest BCUT2D eigenvalue weighted by molar-refractivity contribution is 0.0941. The summed E-state index contributed by atoms with van der Waals surface area (Å²) in [6.45, 7) is 0. The summed E-state index contributed by atoms with van der Waals surface area (Å²) >= 11 is 0. The molecular formula is C5H5N3O3. The molecule has 0 radical (unpaired) electrons. The van der Waals surface area contributed by atoms with Crippen molar-refractivity contribution in [3.8, 4) is 0 Å². The Hall–Kier alpha value is -1.85. The number of primary amides is 2. The third-order valence-electron chi connectivity index (χ3n) is 1.06. The van der Waals surface area contributed by atoms with Crippen molar-refractivity contribution in [3.63, 3.8) is 0 Å². The Labute approximate surface area is 61.1 Å². The molecule has 0 aromatic carbocycles. The van der Waals surface area contributed by atoms with E-state index in [0.29, 0.717) is 0 Å². The molecule has 4 N–H and O–H groups in total. The van der Waals surface area contributed by atoms with Crippen molar-refractivity contribution >= 4 is 11.8 Å². The van der Waals surface area contributed by atoms with Crippen LogP contribution in [0.1, 0.15) is 20.9 Å². The number of carbonyl (C=O) groups is 2. The molecule has 0 aliphatic heterocycles. The van der Waals surface area contributed by atoms with E-state index in [9.17, 15) is 9.59 Å². The zero-order chi connectivity index (χ0) is 8.43. The molecule has 0 bridgehead atoms. The van der Waals surface area contributed by atoms with Crippen molar-refractivity contribution in [3.05, 3.63) is 17.5 Å². The third kappa shape index (κ3) is 1.18. The van der Waals surface area contributed by atoms with E-state index >= 15 is 0 Å². The van der Waals surface area contributed by atoms with Crippen molar-refractivity contribution in [1.82, 2.24) is 5.16 Å². The molecule has 1 rings (SSSR count). The van der Waals surface area contributed by atoms with Crippen molar-refractivity contribution in [1.29, 1.82) is 0 Å². The lowest BCUT2D eigenvalue weighted by atomic mass is 10.2. The molecule has 0 saturated heterocycles. The first kappa shape index (κ1) is 7.26. The average molecular weight is 155 g/mol. The molecule has 0 saturated carbocycles. The van der Waals surface area contributed by atoms with Crippen molar-refractivity contribution in [2.24, 2.45) is 11.5 Å². The number of rotatable bonds is 2. The lowest BCUT2D eigenvalue weighted by Gasteiger charge is -1.88. The Morgan fingerprint density at radius 3 is 2.36 bits per heavy atom. The number of hydrogen-bond acceptors (Lipinski definition) is 4. The number of hydrogen-bond donors (Lipinski definition) is 2. The zero-order valence-electron chi connectivity index (χ0n) is 5.40. The Bertz CT molecular complexity index is 275. The fraction of sp³-hybridized carbons (Fsp3) is 0. The van der Waals surface area contributed by atoms with Gasteiger partial charge in [-0.05, 0) is 0 Å². The lowest BCUT2D eigenvalue weighted by Crippen LogP contribution is -2.18. The highest BCUT2D eigenvalue weighted by molar-refractivity contribution is 6.03. The van der Waals surface area contributed by atoms with Crippen LogP contribution in [0.2, 0.25) is 0 Å². The molecule has 1 aromatic heterocycles. The normalized spacial score (nSPS) is 9.45. The van der Waals surface area contributed by atoms with Gasteiger partial charge in [-0.2, -0.15) is 0 Å². The molecule has 0 atom stereocenters. The number of nitrogens with two attached hydrogens (primary N) is 2. The minimum Gasteiger partial charge on any atom is -0.365 e. The molecule has 1 aromatic rings. The highest BCUT2D eigenvalue weighted by Crippen LogP contribution is 2.04. The van der Waals surface area contributed by atoms with Crippen LogP contribution in [0, 0.1) is 0 Å². The van der Waals surface area contributed by atoms with E-state index in [1.807, 2.05) is 0 Å². The van der Waals surface area contributed by atoms with Crippen LogP contribution in [0.3, 0.4) is 0 Å². The van der Waals surface area contributed by atoms with Crippen LogP contribution in [-0.2, 0) is 0 Å². The monoisotopic (exact) mass is 155 g/mol. The van der Waals surface area contributed by atoms with Crippen LogP contribution in [0.25, 0.3) is 0 Å². The minimum absolute atomic E-state index is 0.0995. The second-order valence-corrected chi connectivity index (χ2v) is 1.80. The van der Waals surface area contributed by atoms with Gasteiger partial charge in [0.05, 0.1) is 6.20 Å². The molecule has 58 valence electrons. The van der Waals surface area contributed by atoms with E-state index in [1.165, 1.54) is 0 Å². The van der Waals surface area contributed by atoms with Crippen LogP contribution < -0.4 is 11.5 Å². The summed E-state index contributed by atoms with van der Waals surface area (Å²) in [6, 6.07) is 0. The maximum atomic E-state index is 10.5. The summed E-state index contributed by atoms with van der Waals surface area (Å²) in [7, 11) is 0. The smallest absolute Gasteiger partial charge is 0.288 e. The molecule has 1 heterocycles. The molecule has 2 amide bonds. The number of aromatic nitrogens is 1. The van der Waals surface area contributed by atoms with Gasteiger partial charge < -0.3 is 16.0 Å². The van der Waals surface area contributed by atoms with Gasteiger partial charge >= 0.3 is 0 Å². The van der Waals surface area contributed by atoms with Gasteiger partial charge in [0.25, 0.3) is 11.8 Å². The van der Waals surface area contributed by atoms with Crippen LogP contribution in [-0.4, -0.2) is 17.0 Å². The van der Waals surface area contributed by atoms with Crippen molar-refractivity contribution in [2.75, 3.05) is 0 Å². The molecule has 6 heteroatoms. The van der Waals surface area contributed by atoms with Gasteiger partial charge in [0.1, 0.15) is 5.56 Å². The topological polar surface area (TPSA) is 112 Å². The molecule has 0 unspecified atom stereocenters. The molecule has 6 nitrogen and oxygen atoms in total. The first-order valence-electron chi connectivity index (χ1n) is 2.67. The van der Waals surface area contributed by atoms with Crippen LogP contribution in [0.4, 0.5) is 0 Å². The highest BCUT2D eigenvalue weighted by atomic mass is 16.5. The van der Waals surface area contributed by atoms with Crippen LogP contribution >= 0.6 is 0 Å². The second-order valence-electron chi connectivity index (χ2n) is 1.80. The molecule has 0 aliphatic rings. The van der Waals surface area contributed by atoms with E-state index in [1.54, 1.807) is 0 Å². The zero-order valence-corrected chi connectivity index (χ0v) is 5.40. The fourth-order valence-corrected chi connectivity index (χ4v) is 0.593. The van der Waals surface area contributed by atoms with Crippen molar-refractivity contribution < 1.29 is 14.1 Å². The fourth-order valence-electron chi connectivity index (χ4n) is 0.593. The maximum absolute atomic E-state index is 10.5. The van der Waals surface area contributed by atoms with Crippen LogP contribution in [0.15, 0.2) is 10.7 Å². The van der Waals surface area contributed by atoms with Gasteiger partial charge in [-0.1, -0.05) is 5.16 Å². The summed E-state index contributed by atoms with van der Waals surface area (Å²) in [6.07, 6.45) is 1.04. The third-order valence-corrected chi connectivity index (χ3v) is 1.06. The van der Waals surface area contributed by atoms with Gasteiger partial charge in [-0.25, -0.2) is 0 Å². The van der Waals surface area contributed by atoms with E-state index in [-0.39, 0.29) is 11.3 Å². The van der Waals surface area contributed by atoms with Gasteiger partial charge in [0.2, 0.25) is 5.76 Å². The number of amides is 2. The molecule has 11 heavy (non-hydrogen) atoms. The Kier molecular flexibility index (Phi) is 1.59. The van der Waals surface area contributed by atoms with Crippen LogP contribution in [0.5, 0.6) is 0 Å². The Balaban J connectivity index is 3.16. The molecular weight excluding hydrogens is 150 g/mol. The predicted octanol–water partition coefficient (Wildman–Crippen LogP) is -1.13. The SMILES string of the molecule is NC(=O)c1cnoc1C(N)=O. The first-order chi connectivity index (χ1) is 5.13. The second kappa shape index (κ2) is 2.41. The van der Waals surface area contributed by atoms with Gasteiger partial charge in [-0.3, -0.25) is 9.59 Å². The minimum atomic E-state index is -0.865. The largest absolute Gasteiger partial charge is 0.365 e. The van der Waals surface area contributed by atoms with Gasteiger partial charge in [0, 0.05) is 0 Å². The molecule has 0 spiro atoms. The summed E-state index contributed by atoms with van der Waals surface area (Å²) in [5.41, 5.74) is 9.57. The Morgan fingerprint density at radius 2 is 2.00 bits per heavy atom. The summed E-state index contributed by atoms with van der Waals surface area (Å²) in [4.78, 5) is 21.0. The van der Waals surface area contributed by atoms with E-state index in [2.05, 4.69) is 9.68 Å². The Morgan fingerprint density at radius 1 is 1.36 bits per heavy atom. The van der Waals surface area contributed by atoms with Gasteiger partial charge in [-0.15, -0.1) is 0 Å². The summed E-state index contributed by atoms with van der Waals surface area (Å²) in [5.74, 6) is -1.96.